The molecule has 4 nitrogen and oxygen atoms in total. The van der Waals surface area contributed by atoms with Gasteiger partial charge in [0.1, 0.15) is 12.4 Å². The maximum Gasteiger partial charge on any atom is 0.333 e. The average Bonchev–Trinajstić information content (AvgIpc) is 2.60. The van der Waals surface area contributed by atoms with Gasteiger partial charge in [-0.1, -0.05) is 13.5 Å². The number of aryl methyl sites for hydroxylation is 1. The minimum atomic E-state index is -0.395. The summed E-state index contributed by atoms with van der Waals surface area (Å²) in [6, 6.07) is 0. The third-order valence-corrected chi connectivity index (χ3v) is 1.89. The highest BCUT2D eigenvalue weighted by atomic mass is 79.9. The van der Waals surface area contributed by atoms with E-state index in [0.29, 0.717) is 0 Å². The minimum Gasteiger partial charge on any atom is -1.00 e. The Kier molecular flexibility index (Phi) is 5.93. The molecular weight excluding hydrogens is 260 g/mol. The first-order valence-electron chi connectivity index (χ1n) is 4.53. The van der Waals surface area contributed by atoms with Crippen molar-refractivity contribution in [2.45, 2.75) is 19.6 Å². The highest BCUT2D eigenvalue weighted by Gasteiger charge is 2.16. The second-order valence-electron chi connectivity index (χ2n) is 3.03. The quantitative estimate of drug-likeness (QED) is 0.360. The van der Waals surface area contributed by atoms with Crippen molar-refractivity contribution in [1.29, 1.82) is 0 Å². The van der Waals surface area contributed by atoms with Gasteiger partial charge >= 0.3 is 5.97 Å². The molecule has 84 valence electrons. The van der Waals surface area contributed by atoms with E-state index in [0.717, 1.165) is 6.42 Å². The number of carbonyl (C=O) groups is 1. The average molecular weight is 275 g/mol. The Balaban J connectivity index is 0.00000196. The molecule has 5 heteroatoms. The molecular formula is C10H15BrN2O2. The molecule has 1 rings (SSSR count). The monoisotopic (exact) mass is 274 g/mol. The summed E-state index contributed by atoms with van der Waals surface area (Å²) in [5, 5.41) is 0. The summed E-state index contributed by atoms with van der Waals surface area (Å²) < 4.78 is 8.88. The van der Waals surface area contributed by atoms with Crippen LogP contribution in [-0.4, -0.2) is 10.5 Å². The molecule has 0 aromatic carbocycles. The van der Waals surface area contributed by atoms with Crippen LogP contribution in [0.25, 0.3) is 0 Å². The zero-order valence-electron chi connectivity index (χ0n) is 8.89. The largest absolute Gasteiger partial charge is 1.00 e. The summed E-state index contributed by atoms with van der Waals surface area (Å²) in [7, 11) is 1.92. The molecule has 15 heavy (non-hydrogen) atoms. The molecule has 1 heterocycles. The van der Waals surface area contributed by atoms with Gasteiger partial charge in [-0.15, -0.1) is 0 Å². The van der Waals surface area contributed by atoms with Crippen molar-refractivity contribution >= 4 is 5.97 Å². The first-order chi connectivity index (χ1) is 6.67. The lowest BCUT2D eigenvalue weighted by molar-refractivity contribution is -0.671. The highest BCUT2D eigenvalue weighted by molar-refractivity contribution is 5.81. The van der Waals surface area contributed by atoms with Gasteiger partial charge in [0, 0.05) is 12.5 Å². The Morgan fingerprint density at radius 3 is 2.80 bits per heavy atom. The fourth-order valence-corrected chi connectivity index (χ4v) is 1.18. The van der Waals surface area contributed by atoms with E-state index in [2.05, 4.69) is 6.58 Å². The molecule has 0 saturated carbocycles. The van der Waals surface area contributed by atoms with E-state index in [1.54, 1.807) is 0 Å². The molecule has 0 aliphatic rings. The molecule has 1 unspecified atom stereocenters. The first-order valence-corrected chi connectivity index (χ1v) is 4.53. The maximum atomic E-state index is 11.0. The van der Waals surface area contributed by atoms with Crippen molar-refractivity contribution in [1.82, 2.24) is 4.57 Å². The SMILES string of the molecule is C=CC(=O)OC(CC)n1cc[n+](C)c1.[Br-]. The molecule has 1 aromatic rings. The summed E-state index contributed by atoms with van der Waals surface area (Å²) in [4.78, 5) is 11.0. The Labute approximate surface area is 99.9 Å². The van der Waals surface area contributed by atoms with Gasteiger partial charge in [-0.25, -0.2) is 9.36 Å². The Hall–Kier alpha value is -1.10. The van der Waals surface area contributed by atoms with Gasteiger partial charge in [-0.2, -0.15) is 4.57 Å². The van der Waals surface area contributed by atoms with Crippen LogP contribution in [0.15, 0.2) is 31.4 Å². The van der Waals surface area contributed by atoms with E-state index >= 15 is 0 Å². The molecule has 0 fully saturated rings. The normalized spacial score (nSPS) is 11.3. The zero-order chi connectivity index (χ0) is 10.6. The molecule has 0 aliphatic carbocycles. The van der Waals surface area contributed by atoms with Crippen LogP contribution in [0.4, 0.5) is 0 Å². The van der Waals surface area contributed by atoms with Crippen LogP contribution in [0, 0.1) is 0 Å². The predicted molar refractivity (Wildman–Crippen MR) is 51.2 cm³/mol. The third kappa shape index (κ3) is 3.87. The number of ether oxygens (including phenoxy) is 1. The van der Waals surface area contributed by atoms with Gasteiger partial charge in [0.2, 0.25) is 12.6 Å². The summed E-state index contributed by atoms with van der Waals surface area (Å²) in [6.45, 7) is 5.32. The fraction of sp³-hybridized carbons (Fsp3) is 0.400. The van der Waals surface area contributed by atoms with E-state index in [-0.39, 0.29) is 23.2 Å². The third-order valence-electron chi connectivity index (χ3n) is 1.89. The summed E-state index contributed by atoms with van der Waals surface area (Å²) in [5.41, 5.74) is 0. The zero-order valence-corrected chi connectivity index (χ0v) is 10.5. The van der Waals surface area contributed by atoms with Gasteiger partial charge < -0.3 is 21.7 Å². The second-order valence-corrected chi connectivity index (χ2v) is 3.03. The van der Waals surface area contributed by atoms with E-state index < -0.39 is 5.97 Å². The van der Waals surface area contributed by atoms with E-state index in [1.165, 1.54) is 6.08 Å². The molecule has 0 amide bonds. The molecule has 0 bridgehead atoms. The Morgan fingerprint density at radius 2 is 2.40 bits per heavy atom. The van der Waals surface area contributed by atoms with Gasteiger partial charge in [0.15, 0.2) is 0 Å². The number of nitrogens with zero attached hydrogens (tertiary/aromatic N) is 2. The van der Waals surface area contributed by atoms with Gasteiger partial charge in [-0.05, 0) is 0 Å². The topological polar surface area (TPSA) is 35.1 Å². The van der Waals surface area contributed by atoms with Crippen LogP contribution in [0.3, 0.4) is 0 Å². The lowest BCUT2D eigenvalue weighted by Gasteiger charge is -2.10. The molecule has 1 aromatic heterocycles. The number of hydrogen-bond acceptors (Lipinski definition) is 2. The standard InChI is InChI=1S/C10H15N2O2.BrH/c1-4-9(14-10(13)5-2)12-7-6-11(3)8-12;/h5-9H,2,4H2,1,3H3;1H/q+1;/p-1. The number of halogens is 1. The van der Waals surface area contributed by atoms with Crippen LogP contribution in [0.5, 0.6) is 0 Å². The number of carbonyl (C=O) groups excluding carboxylic acids is 1. The molecule has 1 atom stereocenters. The van der Waals surface area contributed by atoms with E-state index in [4.69, 9.17) is 4.74 Å². The van der Waals surface area contributed by atoms with Crippen molar-refractivity contribution in [3.63, 3.8) is 0 Å². The van der Waals surface area contributed by atoms with Crippen molar-refractivity contribution in [3.05, 3.63) is 31.4 Å². The molecule has 0 aliphatic heterocycles. The van der Waals surface area contributed by atoms with Crippen LogP contribution in [0.1, 0.15) is 19.6 Å². The molecule has 0 radical (unpaired) electrons. The molecule has 0 spiro atoms. The Bertz CT molecular complexity index is 336. The van der Waals surface area contributed by atoms with E-state index in [1.807, 2.05) is 41.8 Å². The second kappa shape index (κ2) is 6.40. The number of esters is 1. The smallest absolute Gasteiger partial charge is 0.333 e. The van der Waals surface area contributed by atoms with Gasteiger partial charge in [-0.3, -0.25) is 0 Å². The lowest BCUT2D eigenvalue weighted by atomic mass is 10.4. The minimum absolute atomic E-state index is 0. The molecule has 0 saturated heterocycles. The highest BCUT2D eigenvalue weighted by Crippen LogP contribution is 2.11. The van der Waals surface area contributed by atoms with Crippen molar-refractivity contribution < 1.29 is 31.1 Å². The fourth-order valence-electron chi connectivity index (χ4n) is 1.18. The Morgan fingerprint density at radius 1 is 1.73 bits per heavy atom. The van der Waals surface area contributed by atoms with Crippen LogP contribution in [-0.2, 0) is 16.6 Å². The van der Waals surface area contributed by atoms with Crippen molar-refractivity contribution in [3.8, 4) is 0 Å². The van der Waals surface area contributed by atoms with Gasteiger partial charge in [0.25, 0.3) is 0 Å². The number of imidazole rings is 1. The number of aromatic nitrogens is 2. The maximum absolute atomic E-state index is 11.0. The predicted octanol–water partition coefficient (Wildman–Crippen LogP) is -2.05. The number of rotatable bonds is 4. The summed E-state index contributed by atoms with van der Waals surface area (Å²) in [6.07, 6.45) is 7.28. The number of hydrogen-bond donors (Lipinski definition) is 0. The van der Waals surface area contributed by atoms with E-state index in [9.17, 15) is 4.79 Å². The summed E-state index contributed by atoms with van der Waals surface area (Å²) >= 11 is 0. The first kappa shape index (κ1) is 13.9. The van der Waals surface area contributed by atoms with Gasteiger partial charge in [0.05, 0.1) is 7.05 Å². The van der Waals surface area contributed by atoms with Crippen LogP contribution >= 0.6 is 0 Å². The van der Waals surface area contributed by atoms with Crippen LogP contribution < -0.4 is 21.5 Å². The van der Waals surface area contributed by atoms with Crippen LogP contribution in [0.2, 0.25) is 0 Å². The van der Waals surface area contributed by atoms with Crippen molar-refractivity contribution in [2.24, 2.45) is 7.05 Å². The summed E-state index contributed by atoms with van der Waals surface area (Å²) in [5.74, 6) is -0.395. The van der Waals surface area contributed by atoms with Crippen molar-refractivity contribution in [2.75, 3.05) is 0 Å². The molecule has 0 N–H and O–H groups in total. The lowest BCUT2D eigenvalue weighted by Crippen LogP contribution is -3.00.